The average molecular weight is 283 g/mol. The Bertz CT molecular complexity index is 652. The average Bonchev–Trinajstić information content (AvgIpc) is 2.49. The molecular weight excluding hydrogens is 270 g/mol. The molecule has 0 aliphatic heterocycles. The zero-order chi connectivity index (χ0) is 15.1. The third-order valence-corrected chi connectivity index (χ3v) is 2.71. The first-order valence-corrected chi connectivity index (χ1v) is 6.25. The molecule has 2 aromatic rings. The number of hydrogen-bond donors (Lipinski definition) is 1. The number of hydrogen-bond acceptors (Lipinski definition) is 4. The summed E-state index contributed by atoms with van der Waals surface area (Å²) in [5.41, 5.74) is 3.99. The van der Waals surface area contributed by atoms with Crippen LogP contribution in [0.5, 0.6) is 0 Å². The first-order chi connectivity index (χ1) is 10.1. The normalized spacial score (nSPS) is 10.5. The van der Waals surface area contributed by atoms with E-state index in [1.165, 1.54) is 12.1 Å². The van der Waals surface area contributed by atoms with Crippen molar-refractivity contribution in [1.29, 1.82) is 0 Å². The highest BCUT2D eigenvalue weighted by molar-refractivity contribution is 5.83. The van der Waals surface area contributed by atoms with Gasteiger partial charge in [-0.1, -0.05) is 42.5 Å². The Kier molecular flexibility index (Phi) is 4.76. The molecule has 0 fully saturated rings. The third-order valence-electron chi connectivity index (χ3n) is 2.71. The lowest BCUT2D eigenvalue weighted by Crippen LogP contribution is -2.19. The van der Waals surface area contributed by atoms with E-state index in [0.29, 0.717) is 5.56 Å². The molecule has 21 heavy (non-hydrogen) atoms. The van der Waals surface area contributed by atoms with Crippen molar-refractivity contribution in [2.45, 2.75) is 6.42 Å². The summed E-state index contributed by atoms with van der Waals surface area (Å²) in [5.74, 6) is -0.281. The van der Waals surface area contributed by atoms with Gasteiger partial charge in [0, 0.05) is 12.1 Å². The summed E-state index contributed by atoms with van der Waals surface area (Å²) < 4.78 is 0. The van der Waals surface area contributed by atoms with Gasteiger partial charge in [0.15, 0.2) is 0 Å². The topological polar surface area (TPSA) is 84.6 Å². The number of carbonyl (C=O) groups excluding carboxylic acids is 1. The predicted octanol–water partition coefficient (Wildman–Crippen LogP) is 2.29. The first kappa shape index (κ1) is 14.4. The molecule has 1 N–H and O–H groups in total. The Hall–Kier alpha value is -3.02. The van der Waals surface area contributed by atoms with E-state index in [1.807, 2.05) is 30.3 Å². The van der Waals surface area contributed by atoms with Crippen molar-refractivity contribution >= 4 is 17.8 Å². The Balaban J connectivity index is 1.87. The molecule has 0 aromatic heterocycles. The number of non-ortho nitro benzene ring substituents is 1. The maximum Gasteiger partial charge on any atom is 0.269 e. The quantitative estimate of drug-likeness (QED) is 0.519. The van der Waals surface area contributed by atoms with Crippen molar-refractivity contribution in [1.82, 2.24) is 5.43 Å². The van der Waals surface area contributed by atoms with Crippen LogP contribution in [0.25, 0.3) is 0 Å². The number of rotatable bonds is 5. The minimum atomic E-state index is -0.478. The fourth-order valence-electron chi connectivity index (χ4n) is 1.68. The van der Waals surface area contributed by atoms with E-state index in [9.17, 15) is 14.9 Å². The van der Waals surface area contributed by atoms with Gasteiger partial charge in [-0.3, -0.25) is 14.9 Å². The van der Waals surface area contributed by atoms with Gasteiger partial charge in [0.25, 0.3) is 5.69 Å². The van der Waals surface area contributed by atoms with Gasteiger partial charge in [-0.25, -0.2) is 5.43 Å². The lowest BCUT2D eigenvalue weighted by molar-refractivity contribution is -0.384. The summed E-state index contributed by atoms with van der Waals surface area (Å²) in [4.78, 5) is 21.7. The molecule has 0 radical (unpaired) electrons. The van der Waals surface area contributed by atoms with Gasteiger partial charge < -0.3 is 0 Å². The van der Waals surface area contributed by atoms with Gasteiger partial charge in [-0.2, -0.15) is 5.10 Å². The fourth-order valence-corrected chi connectivity index (χ4v) is 1.68. The summed E-state index contributed by atoms with van der Waals surface area (Å²) in [6.07, 6.45) is 1.66. The molecule has 2 aromatic carbocycles. The smallest absolute Gasteiger partial charge is 0.269 e. The van der Waals surface area contributed by atoms with Gasteiger partial charge >= 0.3 is 0 Å². The molecule has 106 valence electrons. The zero-order valence-corrected chi connectivity index (χ0v) is 11.1. The molecule has 0 heterocycles. The molecule has 0 unspecified atom stereocenters. The highest BCUT2D eigenvalue weighted by atomic mass is 16.6. The lowest BCUT2D eigenvalue weighted by atomic mass is 10.1. The summed E-state index contributed by atoms with van der Waals surface area (Å²) in [5, 5.41) is 14.4. The van der Waals surface area contributed by atoms with Crippen molar-refractivity contribution in [2.75, 3.05) is 0 Å². The van der Waals surface area contributed by atoms with Gasteiger partial charge in [0.05, 0.1) is 17.6 Å². The van der Waals surface area contributed by atoms with Crippen LogP contribution in [-0.4, -0.2) is 17.0 Å². The van der Waals surface area contributed by atoms with Crippen LogP contribution >= 0.6 is 0 Å². The van der Waals surface area contributed by atoms with Crippen LogP contribution in [0.1, 0.15) is 11.1 Å². The molecule has 0 saturated carbocycles. The van der Waals surface area contributed by atoms with E-state index in [2.05, 4.69) is 10.5 Å². The van der Waals surface area contributed by atoms with E-state index >= 15 is 0 Å². The van der Waals surface area contributed by atoms with Crippen LogP contribution in [0.4, 0.5) is 5.69 Å². The van der Waals surface area contributed by atoms with Gasteiger partial charge in [0.2, 0.25) is 5.91 Å². The fraction of sp³-hybridized carbons (Fsp3) is 0.0667. The van der Waals surface area contributed by atoms with Gasteiger partial charge in [0.1, 0.15) is 0 Å². The van der Waals surface area contributed by atoms with E-state index in [1.54, 1.807) is 18.3 Å². The second kappa shape index (κ2) is 6.95. The lowest BCUT2D eigenvalue weighted by Gasteiger charge is -2.00. The molecule has 0 spiro atoms. The third kappa shape index (κ3) is 4.54. The van der Waals surface area contributed by atoms with Gasteiger partial charge in [-0.15, -0.1) is 0 Å². The van der Waals surface area contributed by atoms with E-state index in [0.717, 1.165) is 5.56 Å². The van der Waals surface area contributed by atoms with Crippen LogP contribution in [0.3, 0.4) is 0 Å². The monoisotopic (exact) mass is 283 g/mol. The molecule has 6 heteroatoms. The van der Waals surface area contributed by atoms with E-state index in [-0.39, 0.29) is 18.0 Å². The SMILES string of the molecule is O=C(Cc1ccc([N+](=O)[O-])cc1)NN=Cc1ccccc1. The number of amides is 1. The van der Waals surface area contributed by atoms with Crippen LogP contribution in [0.15, 0.2) is 59.7 Å². The summed E-state index contributed by atoms with van der Waals surface area (Å²) in [6, 6.07) is 15.2. The number of carbonyl (C=O) groups is 1. The number of nitro groups is 1. The number of hydrazone groups is 1. The molecule has 1 amide bonds. The second-order valence-corrected chi connectivity index (χ2v) is 4.30. The Morgan fingerprint density at radius 2 is 1.81 bits per heavy atom. The molecule has 2 rings (SSSR count). The molecule has 0 saturated heterocycles. The highest BCUT2D eigenvalue weighted by Gasteiger charge is 2.06. The van der Waals surface area contributed by atoms with Crippen LogP contribution in [-0.2, 0) is 11.2 Å². The minimum absolute atomic E-state index is 0.00116. The Morgan fingerprint density at radius 3 is 2.43 bits per heavy atom. The van der Waals surface area contributed by atoms with E-state index < -0.39 is 4.92 Å². The van der Waals surface area contributed by atoms with Crippen molar-refractivity contribution < 1.29 is 9.72 Å². The Labute approximate surface area is 121 Å². The largest absolute Gasteiger partial charge is 0.273 e. The molecule has 0 aliphatic rings. The zero-order valence-electron chi connectivity index (χ0n) is 11.1. The predicted molar refractivity (Wildman–Crippen MR) is 79.0 cm³/mol. The second-order valence-electron chi connectivity index (χ2n) is 4.30. The van der Waals surface area contributed by atoms with E-state index in [4.69, 9.17) is 0 Å². The number of nitrogens with one attached hydrogen (secondary N) is 1. The number of nitro benzene ring substituents is 1. The van der Waals surface area contributed by atoms with Crippen molar-refractivity contribution in [3.05, 3.63) is 75.8 Å². The number of benzene rings is 2. The summed E-state index contributed by atoms with van der Waals surface area (Å²) in [6.45, 7) is 0. The number of nitrogens with zero attached hydrogens (tertiary/aromatic N) is 2. The minimum Gasteiger partial charge on any atom is -0.273 e. The first-order valence-electron chi connectivity index (χ1n) is 6.25. The van der Waals surface area contributed by atoms with Crippen molar-refractivity contribution in [3.63, 3.8) is 0 Å². The standard InChI is InChI=1S/C15H13N3O3/c19-15(17-16-11-13-4-2-1-3-5-13)10-12-6-8-14(9-7-12)18(20)21/h1-9,11H,10H2,(H,17,19). The maximum atomic E-state index is 11.7. The van der Waals surface area contributed by atoms with Crippen molar-refractivity contribution in [2.24, 2.45) is 5.10 Å². The molecule has 0 aliphatic carbocycles. The van der Waals surface area contributed by atoms with Gasteiger partial charge in [-0.05, 0) is 11.1 Å². The summed E-state index contributed by atoms with van der Waals surface area (Å²) >= 11 is 0. The molecule has 0 bridgehead atoms. The van der Waals surface area contributed by atoms with Crippen molar-refractivity contribution in [3.8, 4) is 0 Å². The molecule has 0 atom stereocenters. The van der Waals surface area contributed by atoms with Crippen LogP contribution < -0.4 is 5.43 Å². The Morgan fingerprint density at radius 1 is 1.14 bits per heavy atom. The van der Waals surface area contributed by atoms with Crippen LogP contribution in [0, 0.1) is 10.1 Å². The summed E-state index contributed by atoms with van der Waals surface area (Å²) in [7, 11) is 0. The maximum absolute atomic E-state index is 11.7. The molecule has 6 nitrogen and oxygen atoms in total. The highest BCUT2D eigenvalue weighted by Crippen LogP contribution is 2.12. The molecular formula is C15H13N3O3. The van der Waals surface area contributed by atoms with Crippen LogP contribution in [0.2, 0.25) is 0 Å².